The minimum Gasteiger partial charge on any atom is -0.497 e. The summed E-state index contributed by atoms with van der Waals surface area (Å²) >= 11 is 0. The van der Waals surface area contributed by atoms with Gasteiger partial charge in [0.25, 0.3) is 5.91 Å². The fraction of sp³-hybridized carbons (Fsp3) is 0.185. The van der Waals surface area contributed by atoms with Crippen LogP contribution in [0.5, 0.6) is 5.75 Å². The van der Waals surface area contributed by atoms with Crippen molar-refractivity contribution < 1.29 is 23.1 Å². The van der Waals surface area contributed by atoms with E-state index in [1.54, 1.807) is 25.3 Å². The average Bonchev–Trinajstić information content (AvgIpc) is 2.80. The zero-order valence-corrected chi connectivity index (χ0v) is 19.0. The maximum atomic E-state index is 13.9. The number of ketones is 1. The lowest BCUT2D eigenvalue weighted by Gasteiger charge is -2.35. The molecular weight excluding hydrogens is 438 g/mol. The second-order valence-electron chi connectivity index (χ2n) is 8.77. The Balaban J connectivity index is 1.62. The normalized spacial score (nSPS) is 15.3. The van der Waals surface area contributed by atoms with Crippen LogP contribution in [0.2, 0.25) is 0 Å². The monoisotopic (exact) mass is 462 g/mol. The van der Waals surface area contributed by atoms with E-state index < -0.39 is 23.1 Å². The first-order chi connectivity index (χ1) is 16.2. The molecule has 2 N–H and O–H groups in total. The highest BCUT2D eigenvalue weighted by molar-refractivity contribution is 6.10. The standard InChI is InChI=1S/C27H24F2N2O3/c1-27(2)15-17-10-11-19(34-3)13-21(17)23(31-27)14-24(32)16-6-4-7-18(12-16)30-26(33)20-8-5-9-22(28)25(20)29/h4-14,31H,15H2,1-3H3,(H,30,33). The number of amides is 1. The Hall–Kier alpha value is -4.00. The highest BCUT2D eigenvalue weighted by Crippen LogP contribution is 2.32. The highest BCUT2D eigenvalue weighted by atomic mass is 19.2. The Bertz CT molecular complexity index is 1310. The van der Waals surface area contributed by atoms with Gasteiger partial charge < -0.3 is 15.4 Å². The molecule has 4 rings (SSSR count). The van der Waals surface area contributed by atoms with E-state index in [0.29, 0.717) is 17.0 Å². The Labute approximate surface area is 196 Å². The Morgan fingerprint density at radius 2 is 1.82 bits per heavy atom. The molecule has 5 nitrogen and oxygen atoms in total. The van der Waals surface area contributed by atoms with E-state index in [9.17, 15) is 18.4 Å². The number of hydrogen-bond acceptors (Lipinski definition) is 4. The van der Waals surface area contributed by atoms with Crippen LogP contribution in [0, 0.1) is 11.6 Å². The predicted octanol–water partition coefficient (Wildman–Crippen LogP) is 5.37. The topological polar surface area (TPSA) is 67.4 Å². The summed E-state index contributed by atoms with van der Waals surface area (Å²) in [4.78, 5) is 25.5. The second kappa shape index (κ2) is 9.09. The van der Waals surface area contributed by atoms with Crippen LogP contribution in [0.25, 0.3) is 5.70 Å². The lowest BCUT2D eigenvalue weighted by Crippen LogP contribution is -2.43. The predicted molar refractivity (Wildman–Crippen MR) is 127 cm³/mol. The van der Waals surface area contributed by atoms with Gasteiger partial charge in [-0.2, -0.15) is 0 Å². The fourth-order valence-electron chi connectivity index (χ4n) is 4.00. The molecule has 0 aliphatic carbocycles. The van der Waals surface area contributed by atoms with Crippen LogP contribution >= 0.6 is 0 Å². The fourth-order valence-corrected chi connectivity index (χ4v) is 4.00. The summed E-state index contributed by atoms with van der Waals surface area (Å²) in [5, 5.41) is 5.94. The number of anilines is 1. The summed E-state index contributed by atoms with van der Waals surface area (Å²) < 4.78 is 32.8. The number of hydrogen-bond donors (Lipinski definition) is 2. The van der Waals surface area contributed by atoms with Crippen molar-refractivity contribution in [2.45, 2.75) is 25.8 Å². The maximum absolute atomic E-state index is 13.9. The molecule has 1 heterocycles. The molecule has 3 aromatic carbocycles. The molecule has 1 aliphatic heterocycles. The molecule has 0 spiro atoms. The molecule has 174 valence electrons. The van der Waals surface area contributed by atoms with Crippen LogP contribution in [0.15, 0.2) is 66.7 Å². The second-order valence-corrected chi connectivity index (χ2v) is 8.77. The van der Waals surface area contributed by atoms with E-state index in [1.165, 1.54) is 24.3 Å². The summed E-state index contributed by atoms with van der Waals surface area (Å²) in [6.07, 6.45) is 2.31. The molecule has 1 aliphatic rings. The van der Waals surface area contributed by atoms with Gasteiger partial charge in [0.15, 0.2) is 17.4 Å². The molecule has 0 saturated heterocycles. The summed E-state index contributed by atoms with van der Waals surface area (Å²) in [5.74, 6) is -2.73. The number of rotatable bonds is 5. The molecule has 0 saturated carbocycles. The van der Waals surface area contributed by atoms with Gasteiger partial charge in [-0.3, -0.25) is 9.59 Å². The molecule has 34 heavy (non-hydrogen) atoms. The van der Waals surface area contributed by atoms with Crippen LogP contribution in [0.4, 0.5) is 14.5 Å². The van der Waals surface area contributed by atoms with Gasteiger partial charge >= 0.3 is 0 Å². The SMILES string of the molecule is COc1ccc2c(c1)C(=CC(=O)c1cccc(NC(=O)c3cccc(F)c3F)c1)NC(C)(C)C2. The van der Waals surface area contributed by atoms with Crippen molar-refractivity contribution in [1.29, 1.82) is 0 Å². The smallest absolute Gasteiger partial charge is 0.258 e. The first-order valence-corrected chi connectivity index (χ1v) is 10.7. The molecule has 0 atom stereocenters. The minimum absolute atomic E-state index is 0.251. The number of carbonyl (C=O) groups excluding carboxylic acids is 2. The van der Waals surface area contributed by atoms with E-state index >= 15 is 0 Å². The molecule has 1 amide bonds. The highest BCUT2D eigenvalue weighted by Gasteiger charge is 2.28. The third kappa shape index (κ3) is 4.83. The largest absolute Gasteiger partial charge is 0.497 e. The van der Waals surface area contributed by atoms with Crippen molar-refractivity contribution in [1.82, 2.24) is 5.32 Å². The summed E-state index contributed by atoms with van der Waals surface area (Å²) in [6, 6.07) is 15.5. The lowest BCUT2D eigenvalue weighted by molar-refractivity contribution is 0.101. The van der Waals surface area contributed by atoms with Gasteiger partial charge in [-0.05, 0) is 62.2 Å². The van der Waals surface area contributed by atoms with Gasteiger partial charge in [0.05, 0.1) is 12.7 Å². The minimum atomic E-state index is -1.22. The van der Waals surface area contributed by atoms with E-state index in [-0.39, 0.29) is 17.0 Å². The van der Waals surface area contributed by atoms with Crippen molar-refractivity contribution in [2.24, 2.45) is 0 Å². The van der Waals surface area contributed by atoms with E-state index in [1.807, 2.05) is 18.2 Å². The van der Waals surface area contributed by atoms with Crippen LogP contribution in [0.3, 0.4) is 0 Å². The molecule has 0 bridgehead atoms. The quantitative estimate of drug-likeness (QED) is 0.395. The summed E-state index contributed by atoms with van der Waals surface area (Å²) in [7, 11) is 1.59. The van der Waals surface area contributed by atoms with Crippen LogP contribution < -0.4 is 15.4 Å². The third-order valence-corrected chi connectivity index (χ3v) is 5.59. The Morgan fingerprint density at radius 3 is 2.59 bits per heavy atom. The van der Waals surface area contributed by atoms with Gasteiger partial charge in [0.2, 0.25) is 0 Å². The average molecular weight is 462 g/mol. The molecular formula is C27H24F2N2O3. The number of methoxy groups -OCH3 is 1. The molecule has 0 fully saturated rings. The molecule has 0 unspecified atom stereocenters. The number of ether oxygens (including phenoxy) is 1. The van der Waals surface area contributed by atoms with Gasteiger partial charge in [0, 0.05) is 34.1 Å². The van der Waals surface area contributed by atoms with Crippen molar-refractivity contribution >= 4 is 23.1 Å². The summed E-state index contributed by atoms with van der Waals surface area (Å²) in [5.41, 5.74) is 2.61. The summed E-state index contributed by atoms with van der Waals surface area (Å²) in [6.45, 7) is 4.11. The first-order valence-electron chi connectivity index (χ1n) is 10.7. The molecule has 7 heteroatoms. The zero-order chi connectivity index (χ0) is 24.5. The third-order valence-electron chi connectivity index (χ3n) is 5.59. The van der Waals surface area contributed by atoms with E-state index in [4.69, 9.17) is 4.74 Å². The Kier molecular flexibility index (Phi) is 6.20. The molecule has 0 radical (unpaired) electrons. The van der Waals surface area contributed by atoms with Gasteiger partial charge in [-0.1, -0.05) is 24.3 Å². The maximum Gasteiger partial charge on any atom is 0.258 e. The van der Waals surface area contributed by atoms with Gasteiger partial charge in [0.1, 0.15) is 5.75 Å². The lowest BCUT2D eigenvalue weighted by atomic mass is 9.85. The Morgan fingerprint density at radius 1 is 1.06 bits per heavy atom. The van der Waals surface area contributed by atoms with Crippen molar-refractivity contribution in [3.8, 4) is 5.75 Å². The van der Waals surface area contributed by atoms with E-state index in [2.05, 4.69) is 24.5 Å². The van der Waals surface area contributed by atoms with Crippen molar-refractivity contribution in [3.63, 3.8) is 0 Å². The number of nitrogens with one attached hydrogen (secondary N) is 2. The van der Waals surface area contributed by atoms with Gasteiger partial charge in [-0.15, -0.1) is 0 Å². The van der Waals surface area contributed by atoms with Crippen molar-refractivity contribution in [3.05, 3.63) is 101 Å². The number of carbonyl (C=O) groups is 2. The number of fused-ring (bicyclic) bond motifs is 1. The van der Waals surface area contributed by atoms with Crippen LogP contribution in [-0.2, 0) is 6.42 Å². The molecule has 0 aromatic heterocycles. The zero-order valence-electron chi connectivity index (χ0n) is 19.0. The number of halogens is 2. The number of benzene rings is 3. The van der Waals surface area contributed by atoms with Crippen LogP contribution in [0.1, 0.15) is 45.7 Å². The number of allylic oxidation sites excluding steroid dienone is 1. The molecule has 3 aromatic rings. The van der Waals surface area contributed by atoms with Crippen molar-refractivity contribution in [2.75, 3.05) is 12.4 Å². The first kappa shape index (κ1) is 23.2. The van der Waals surface area contributed by atoms with Gasteiger partial charge in [-0.25, -0.2) is 8.78 Å². The van der Waals surface area contributed by atoms with Crippen LogP contribution in [-0.4, -0.2) is 24.3 Å². The van der Waals surface area contributed by atoms with E-state index in [0.717, 1.165) is 23.6 Å².